The van der Waals surface area contributed by atoms with E-state index in [0.717, 1.165) is 29.5 Å². The molecule has 3 aromatic rings. The molecule has 9 heteroatoms. The van der Waals surface area contributed by atoms with Crippen molar-refractivity contribution in [3.05, 3.63) is 68.7 Å². The molecule has 0 saturated carbocycles. The van der Waals surface area contributed by atoms with Gasteiger partial charge < -0.3 is 10.1 Å². The minimum atomic E-state index is -0.756. The zero-order chi connectivity index (χ0) is 18.7. The van der Waals surface area contributed by atoms with Gasteiger partial charge in [-0.2, -0.15) is 0 Å². The van der Waals surface area contributed by atoms with E-state index in [1.807, 2.05) is 24.3 Å². The average molecular weight is 371 g/mol. The van der Waals surface area contributed by atoms with E-state index in [1.54, 1.807) is 0 Å². The predicted molar refractivity (Wildman–Crippen MR) is 95.2 cm³/mol. The number of amides is 1. The molecule has 3 rings (SSSR count). The molecule has 8 nitrogen and oxygen atoms in total. The molecule has 0 fully saturated rings. The fourth-order valence-corrected chi connectivity index (χ4v) is 3.24. The summed E-state index contributed by atoms with van der Waals surface area (Å²) in [5.74, 6) is -1.30. The Bertz CT molecular complexity index is 982. The van der Waals surface area contributed by atoms with Gasteiger partial charge in [0.15, 0.2) is 0 Å². The number of carbonyl (C=O) groups is 2. The Hall–Kier alpha value is -3.33. The molecule has 0 aliphatic heterocycles. The summed E-state index contributed by atoms with van der Waals surface area (Å²) in [6, 6.07) is 11.0. The first-order chi connectivity index (χ1) is 12.5. The molecular weight excluding hydrogens is 358 g/mol. The van der Waals surface area contributed by atoms with Crippen molar-refractivity contribution in [3.63, 3.8) is 0 Å². The highest BCUT2D eigenvalue weighted by molar-refractivity contribution is 7.18. The highest BCUT2D eigenvalue weighted by atomic mass is 32.1. The molecule has 26 heavy (non-hydrogen) atoms. The third-order valence-corrected chi connectivity index (χ3v) is 4.59. The Morgan fingerprint density at radius 3 is 2.65 bits per heavy atom. The fourth-order valence-electron chi connectivity index (χ4n) is 2.34. The van der Waals surface area contributed by atoms with Crippen LogP contribution in [0.5, 0.6) is 0 Å². The lowest BCUT2D eigenvalue weighted by Gasteiger charge is -2.06. The molecule has 132 valence electrons. The monoisotopic (exact) mass is 371 g/mol. The van der Waals surface area contributed by atoms with Crippen molar-refractivity contribution >= 4 is 39.1 Å². The van der Waals surface area contributed by atoms with E-state index in [9.17, 15) is 19.7 Å². The second kappa shape index (κ2) is 7.28. The van der Waals surface area contributed by atoms with E-state index in [1.165, 1.54) is 17.4 Å². The van der Waals surface area contributed by atoms with Gasteiger partial charge in [-0.05, 0) is 18.2 Å². The van der Waals surface area contributed by atoms with Crippen LogP contribution in [0.3, 0.4) is 0 Å². The second-order valence-electron chi connectivity index (χ2n) is 5.28. The lowest BCUT2D eigenvalue weighted by Crippen LogP contribution is -2.23. The summed E-state index contributed by atoms with van der Waals surface area (Å²) in [6.45, 7) is 0.175. The van der Waals surface area contributed by atoms with Gasteiger partial charge in [-0.1, -0.05) is 12.1 Å². The minimum absolute atomic E-state index is 0.000658. The fraction of sp³-hybridized carbons (Fsp3) is 0.118. The lowest BCUT2D eigenvalue weighted by atomic mass is 10.1. The highest BCUT2D eigenvalue weighted by Crippen LogP contribution is 2.22. The van der Waals surface area contributed by atoms with Crippen LogP contribution in [0.1, 0.15) is 25.7 Å². The number of aromatic nitrogens is 1. The number of carbonyl (C=O) groups excluding carboxylic acids is 2. The van der Waals surface area contributed by atoms with Crippen LogP contribution < -0.4 is 5.32 Å². The Labute approximate surface area is 151 Å². The number of para-hydroxylation sites is 1. The van der Waals surface area contributed by atoms with Crippen molar-refractivity contribution in [2.75, 3.05) is 7.11 Å². The average Bonchev–Trinajstić information content (AvgIpc) is 3.07. The molecule has 0 spiro atoms. The normalized spacial score (nSPS) is 10.5. The number of hydrogen-bond donors (Lipinski definition) is 1. The third-order valence-electron chi connectivity index (χ3n) is 3.55. The first-order valence-corrected chi connectivity index (χ1v) is 8.30. The number of nitrogens with zero attached hydrogens (tertiary/aromatic N) is 2. The number of benzene rings is 2. The van der Waals surface area contributed by atoms with Crippen molar-refractivity contribution in [1.29, 1.82) is 0 Å². The Balaban J connectivity index is 1.81. The van der Waals surface area contributed by atoms with E-state index < -0.39 is 16.8 Å². The van der Waals surface area contributed by atoms with Crippen LogP contribution in [0.25, 0.3) is 10.2 Å². The number of thiazole rings is 1. The highest BCUT2D eigenvalue weighted by Gasteiger charge is 2.18. The molecular formula is C17H13N3O5S. The molecule has 2 aromatic carbocycles. The molecule has 1 N–H and O–H groups in total. The SMILES string of the molecule is COC(=O)c1cc(C(=O)NCc2nc3ccccc3s2)cc([N+](=O)[O-])c1. The van der Waals surface area contributed by atoms with Gasteiger partial charge in [-0.15, -0.1) is 11.3 Å². The Kier molecular flexibility index (Phi) is 4.90. The van der Waals surface area contributed by atoms with E-state index in [0.29, 0.717) is 5.01 Å². The zero-order valence-corrected chi connectivity index (χ0v) is 14.4. The van der Waals surface area contributed by atoms with Gasteiger partial charge in [0.1, 0.15) is 5.01 Å². The standard InChI is InChI=1S/C17H13N3O5S/c1-25-17(22)11-6-10(7-12(8-11)20(23)24)16(21)18-9-15-19-13-4-2-3-5-14(13)26-15/h2-8H,9H2,1H3,(H,18,21). The molecule has 0 bridgehead atoms. The first kappa shape index (κ1) is 17.5. The molecule has 0 aliphatic carbocycles. The van der Waals surface area contributed by atoms with Crippen LogP contribution >= 0.6 is 11.3 Å². The van der Waals surface area contributed by atoms with E-state index in [-0.39, 0.29) is 23.4 Å². The van der Waals surface area contributed by atoms with Gasteiger partial charge in [0, 0.05) is 17.7 Å². The van der Waals surface area contributed by atoms with Crippen LogP contribution in [0, 0.1) is 10.1 Å². The maximum absolute atomic E-state index is 12.4. The van der Waals surface area contributed by atoms with Gasteiger partial charge in [-0.3, -0.25) is 14.9 Å². The van der Waals surface area contributed by atoms with E-state index in [4.69, 9.17) is 0 Å². The van der Waals surface area contributed by atoms with Crippen LogP contribution in [-0.2, 0) is 11.3 Å². The van der Waals surface area contributed by atoms with E-state index >= 15 is 0 Å². The molecule has 1 aromatic heterocycles. The molecule has 0 saturated heterocycles. The maximum Gasteiger partial charge on any atom is 0.338 e. The summed E-state index contributed by atoms with van der Waals surface area (Å²) < 4.78 is 5.57. The van der Waals surface area contributed by atoms with Gasteiger partial charge >= 0.3 is 5.97 Å². The number of nitro benzene ring substituents is 1. The summed E-state index contributed by atoms with van der Waals surface area (Å²) >= 11 is 1.45. The van der Waals surface area contributed by atoms with Crippen molar-refractivity contribution < 1.29 is 19.2 Å². The number of fused-ring (bicyclic) bond motifs is 1. The van der Waals surface area contributed by atoms with Gasteiger partial charge in [-0.25, -0.2) is 9.78 Å². The Morgan fingerprint density at radius 1 is 1.23 bits per heavy atom. The van der Waals surface area contributed by atoms with Crippen LogP contribution in [0.4, 0.5) is 5.69 Å². The smallest absolute Gasteiger partial charge is 0.338 e. The van der Waals surface area contributed by atoms with E-state index in [2.05, 4.69) is 15.0 Å². The number of esters is 1. The number of hydrogen-bond acceptors (Lipinski definition) is 7. The molecule has 1 heterocycles. The number of non-ortho nitro benzene ring substituents is 1. The quantitative estimate of drug-likeness (QED) is 0.419. The second-order valence-corrected chi connectivity index (χ2v) is 6.39. The number of nitrogens with one attached hydrogen (secondary N) is 1. The van der Waals surface area contributed by atoms with Gasteiger partial charge in [0.2, 0.25) is 0 Å². The summed E-state index contributed by atoms with van der Waals surface area (Å²) in [5, 5.41) is 14.4. The first-order valence-electron chi connectivity index (χ1n) is 7.48. The van der Waals surface area contributed by atoms with Crippen LogP contribution in [0.15, 0.2) is 42.5 Å². The Morgan fingerprint density at radius 2 is 1.96 bits per heavy atom. The number of rotatable bonds is 5. The topological polar surface area (TPSA) is 111 Å². The number of methoxy groups -OCH3 is 1. The minimum Gasteiger partial charge on any atom is -0.465 e. The van der Waals surface area contributed by atoms with Crippen molar-refractivity contribution in [3.8, 4) is 0 Å². The summed E-state index contributed by atoms with van der Waals surface area (Å²) in [5.41, 5.74) is 0.413. The third kappa shape index (κ3) is 3.67. The van der Waals surface area contributed by atoms with Gasteiger partial charge in [0.25, 0.3) is 11.6 Å². The molecule has 0 aliphatic rings. The van der Waals surface area contributed by atoms with Crippen LogP contribution in [-0.4, -0.2) is 28.9 Å². The van der Waals surface area contributed by atoms with Gasteiger partial charge in [0.05, 0.1) is 34.4 Å². The number of ether oxygens (including phenoxy) is 1. The summed E-state index contributed by atoms with van der Waals surface area (Å²) in [4.78, 5) is 38.8. The molecule has 0 atom stereocenters. The number of nitro groups is 1. The predicted octanol–water partition coefficient (Wildman–Crippen LogP) is 2.92. The van der Waals surface area contributed by atoms with Crippen molar-refractivity contribution in [2.24, 2.45) is 0 Å². The van der Waals surface area contributed by atoms with Crippen molar-refractivity contribution in [2.45, 2.75) is 6.54 Å². The largest absolute Gasteiger partial charge is 0.465 e. The summed E-state index contributed by atoms with van der Waals surface area (Å²) in [7, 11) is 1.16. The molecule has 0 unspecified atom stereocenters. The molecule has 1 amide bonds. The van der Waals surface area contributed by atoms with Crippen LogP contribution in [0.2, 0.25) is 0 Å². The molecule has 0 radical (unpaired) electrons. The summed E-state index contributed by atoms with van der Waals surface area (Å²) in [6.07, 6.45) is 0. The van der Waals surface area contributed by atoms with Crippen molar-refractivity contribution in [1.82, 2.24) is 10.3 Å². The maximum atomic E-state index is 12.4. The zero-order valence-electron chi connectivity index (χ0n) is 13.6. The lowest BCUT2D eigenvalue weighted by molar-refractivity contribution is -0.384.